The number of anilines is 2. The van der Waals surface area contributed by atoms with Crippen LogP contribution in [0.1, 0.15) is 30.9 Å². The first-order valence-corrected chi connectivity index (χ1v) is 7.48. The van der Waals surface area contributed by atoms with E-state index in [-0.39, 0.29) is 11.8 Å². The number of nitrogens with one attached hydrogen (secondary N) is 2. The SMILES string of the molecule is O=C1CCCC2=C1C(c1cccc(Cl)c1)Nc1nonc1N2. The van der Waals surface area contributed by atoms with E-state index in [0.29, 0.717) is 23.1 Å². The molecule has 7 heteroatoms. The van der Waals surface area contributed by atoms with Crippen LogP contribution in [0.3, 0.4) is 0 Å². The van der Waals surface area contributed by atoms with E-state index < -0.39 is 0 Å². The maximum Gasteiger partial charge on any atom is 0.219 e. The Balaban J connectivity index is 1.88. The third-order valence-electron chi connectivity index (χ3n) is 3.97. The summed E-state index contributed by atoms with van der Waals surface area (Å²) in [7, 11) is 0. The molecule has 0 amide bonds. The highest BCUT2D eigenvalue weighted by Crippen LogP contribution is 2.39. The second-order valence-electron chi connectivity index (χ2n) is 5.39. The highest BCUT2D eigenvalue weighted by atomic mass is 35.5. The van der Waals surface area contributed by atoms with Crippen LogP contribution in [-0.4, -0.2) is 16.1 Å². The van der Waals surface area contributed by atoms with Crippen molar-refractivity contribution in [1.82, 2.24) is 10.3 Å². The smallest absolute Gasteiger partial charge is 0.219 e. The van der Waals surface area contributed by atoms with Crippen LogP contribution < -0.4 is 10.6 Å². The van der Waals surface area contributed by atoms with Crippen molar-refractivity contribution in [2.45, 2.75) is 25.3 Å². The van der Waals surface area contributed by atoms with E-state index >= 15 is 0 Å². The second kappa shape index (κ2) is 5.14. The van der Waals surface area contributed by atoms with Crippen LogP contribution in [0.2, 0.25) is 5.02 Å². The molecule has 0 saturated carbocycles. The summed E-state index contributed by atoms with van der Waals surface area (Å²) in [4.78, 5) is 12.5. The van der Waals surface area contributed by atoms with Gasteiger partial charge in [0.15, 0.2) is 5.78 Å². The minimum atomic E-state index is -0.317. The van der Waals surface area contributed by atoms with Crippen LogP contribution in [0.25, 0.3) is 0 Å². The summed E-state index contributed by atoms with van der Waals surface area (Å²) in [5.41, 5.74) is 2.52. The molecule has 112 valence electrons. The first-order chi connectivity index (χ1) is 10.7. The van der Waals surface area contributed by atoms with Crippen molar-refractivity contribution in [3.63, 3.8) is 0 Å². The van der Waals surface area contributed by atoms with Gasteiger partial charge in [-0.2, -0.15) is 0 Å². The molecule has 1 atom stereocenters. The predicted molar refractivity (Wildman–Crippen MR) is 81.6 cm³/mol. The van der Waals surface area contributed by atoms with Gasteiger partial charge in [-0.05, 0) is 40.9 Å². The highest BCUT2D eigenvalue weighted by molar-refractivity contribution is 6.30. The number of benzene rings is 1. The maximum absolute atomic E-state index is 12.5. The number of carbonyl (C=O) groups is 1. The fraction of sp³-hybridized carbons (Fsp3) is 0.267. The van der Waals surface area contributed by atoms with Crippen molar-refractivity contribution in [1.29, 1.82) is 0 Å². The quantitative estimate of drug-likeness (QED) is 0.840. The lowest BCUT2D eigenvalue weighted by atomic mass is 9.87. The normalized spacial score (nSPS) is 20.6. The Morgan fingerprint density at radius 2 is 2.09 bits per heavy atom. The predicted octanol–water partition coefficient (Wildman–Crippen LogP) is 3.31. The van der Waals surface area contributed by atoms with Crippen LogP contribution in [0.5, 0.6) is 0 Å². The number of nitrogens with zero attached hydrogens (tertiary/aromatic N) is 2. The molecule has 2 heterocycles. The van der Waals surface area contributed by atoms with Crippen LogP contribution in [-0.2, 0) is 4.79 Å². The first kappa shape index (κ1) is 13.3. The topological polar surface area (TPSA) is 80.1 Å². The van der Waals surface area contributed by atoms with Crippen LogP contribution in [0.4, 0.5) is 11.6 Å². The number of rotatable bonds is 1. The largest absolute Gasteiger partial charge is 0.353 e. The lowest BCUT2D eigenvalue weighted by Crippen LogP contribution is -2.23. The second-order valence-corrected chi connectivity index (χ2v) is 5.82. The molecule has 1 unspecified atom stereocenters. The van der Waals surface area contributed by atoms with Gasteiger partial charge in [0.1, 0.15) is 0 Å². The summed E-state index contributed by atoms with van der Waals surface area (Å²) in [5, 5.41) is 14.8. The zero-order valence-corrected chi connectivity index (χ0v) is 12.4. The molecule has 0 saturated heterocycles. The van der Waals surface area contributed by atoms with E-state index in [4.69, 9.17) is 16.2 Å². The number of hydrogen-bond donors (Lipinski definition) is 2. The Hall–Kier alpha value is -2.34. The number of carbonyl (C=O) groups excluding carboxylic acids is 1. The van der Waals surface area contributed by atoms with E-state index in [1.54, 1.807) is 6.07 Å². The van der Waals surface area contributed by atoms with Gasteiger partial charge >= 0.3 is 0 Å². The van der Waals surface area contributed by atoms with Crippen LogP contribution in [0, 0.1) is 0 Å². The molecule has 0 spiro atoms. The minimum absolute atomic E-state index is 0.133. The Labute approximate surface area is 131 Å². The van der Waals surface area contributed by atoms with Gasteiger partial charge in [-0.25, -0.2) is 4.63 Å². The van der Waals surface area contributed by atoms with Crippen molar-refractivity contribution in [3.8, 4) is 0 Å². The molecule has 1 aliphatic heterocycles. The zero-order valence-electron chi connectivity index (χ0n) is 11.6. The van der Waals surface area contributed by atoms with Crippen LogP contribution in [0.15, 0.2) is 40.2 Å². The first-order valence-electron chi connectivity index (χ1n) is 7.10. The van der Waals surface area contributed by atoms with Gasteiger partial charge in [0.05, 0.1) is 6.04 Å². The third kappa shape index (κ3) is 2.16. The monoisotopic (exact) mass is 316 g/mol. The third-order valence-corrected chi connectivity index (χ3v) is 4.20. The molecular weight excluding hydrogens is 304 g/mol. The van der Waals surface area contributed by atoms with Gasteiger partial charge in [-0.1, -0.05) is 23.7 Å². The number of hydrogen-bond acceptors (Lipinski definition) is 6. The number of aromatic nitrogens is 2. The molecule has 2 N–H and O–H groups in total. The number of Topliss-reactive ketones (excluding diaryl/α,β-unsaturated/α-hetero) is 1. The van der Waals surface area contributed by atoms with E-state index in [1.807, 2.05) is 18.2 Å². The van der Waals surface area contributed by atoms with E-state index in [1.165, 1.54) is 0 Å². The van der Waals surface area contributed by atoms with Crippen molar-refractivity contribution < 1.29 is 9.42 Å². The molecule has 1 aromatic heterocycles. The average molecular weight is 317 g/mol. The fourth-order valence-electron chi connectivity index (χ4n) is 2.98. The Kier molecular flexibility index (Phi) is 3.11. The highest BCUT2D eigenvalue weighted by Gasteiger charge is 2.33. The summed E-state index contributed by atoms with van der Waals surface area (Å²) in [6, 6.07) is 7.15. The molecule has 6 nitrogen and oxygen atoms in total. The Morgan fingerprint density at radius 1 is 1.23 bits per heavy atom. The van der Waals surface area contributed by atoms with Gasteiger partial charge in [-0.3, -0.25) is 4.79 Å². The van der Waals surface area contributed by atoms with Gasteiger partial charge in [-0.15, -0.1) is 0 Å². The maximum atomic E-state index is 12.5. The van der Waals surface area contributed by atoms with Gasteiger partial charge in [0.25, 0.3) is 0 Å². The average Bonchev–Trinajstić information content (AvgIpc) is 2.86. The molecule has 1 aromatic carbocycles. The molecule has 22 heavy (non-hydrogen) atoms. The fourth-order valence-corrected chi connectivity index (χ4v) is 3.18. The number of fused-ring (bicyclic) bond motifs is 1. The Morgan fingerprint density at radius 3 is 2.95 bits per heavy atom. The summed E-state index contributed by atoms with van der Waals surface area (Å²) in [6.45, 7) is 0. The number of allylic oxidation sites excluding steroid dienone is 1. The van der Waals surface area contributed by atoms with Crippen molar-refractivity contribution in [2.75, 3.05) is 10.6 Å². The molecule has 0 radical (unpaired) electrons. The zero-order chi connectivity index (χ0) is 15.1. The van der Waals surface area contributed by atoms with E-state index in [9.17, 15) is 4.79 Å². The number of ketones is 1. The van der Waals surface area contributed by atoms with E-state index in [0.717, 1.165) is 29.7 Å². The molecule has 0 bridgehead atoms. The summed E-state index contributed by atoms with van der Waals surface area (Å²) in [5.74, 6) is 1.13. The summed E-state index contributed by atoms with van der Waals surface area (Å²) in [6.07, 6.45) is 2.17. The molecule has 4 rings (SSSR count). The number of halogens is 1. The van der Waals surface area contributed by atoms with E-state index in [2.05, 4.69) is 20.9 Å². The minimum Gasteiger partial charge on any atom is -0.353 e. The molecule has 2 aliphatic rings. The van der Waals surface area contributed by atoms with Gasteiger partial charge in [0.2, 0.25) is 11.6 Å². The molecular formula is C15H13ClN4O2. The lowest BCUT2D eigenvalue weighted by molar-refractivity contribution is -0.116. The van der Waals surface area contributed by atoms with Crippen molar-refractivity contribution in [3.05, 3.63) is 46.1 Å². The lowest BCUT2D eigenvalue weighted by Gasteiger charge is -2.25. The summed E-state index contributed by atoms with van der Waals surface area (Å²) < 4.78 is 4.78. The van der Waals surface area contributed by atoms with Gasteiger partial charge in [0, 0.05) is 22.7 Å². The molecule has 0 fully saturated rings. The van der Waals surface area contributed by atoms with Gasteiger partial charge < -0.3 is 10.6 Å². The standard InChI is InChI=1S/C15H13ClN4O2/c16-9-4-1-3-8(7-9)13-12-10(5-2-6-11(12)21)17-14-15(18-13)20-22-19-14/h1,3-4,7,13H,2,5-6H2,(H,17,19)(H,18,20). The summed E-state index contributed by atoms with van der Waals surface area (Å²) >= 11 is 6.10. The van der Waals surface area contributed by atoms with Crippen molar-refractivity contribution >= 4 is 29.0 Å². The van der Waals surface area contributed by atoms with Crippen molar-refractivity contribution in [2.24, 2.45) is 0 Å². The van der Waals surface area contributed by atoms with Crippen LogP contribution >= 0.6 is 11.6 Å². The molecule has 1 aliphatic carbocycles. The molecule has 2 aromatic rings. The Bertz CT molecular complexity index is 783.